The fraction of sp³-hybridized carbons (Fsp3) is 0.111. The third kappa shape index (κ3) is 3.81. The molecular formula is C18H14F2N4O3. The highest BCUT2D eigenvalue weighted by Gasteiger charge is 2.25. The fourth-order valence-electron chi connectivity index (χ4n) is 2.49. The van der Waals surface area contributed by atoms with Crippen molar-refractivity contribution in [1.29, 1.82) is 0 Å². The number of imidazole rings is 1. The standard InChI is InChI=1S/C18H14F2N4O3/c1-24-9-14(22-16(24)13-4-2-3-7-21-13)17(25)23-15(18(26)27)10-5-6-11(19)12(20)8-10/h2-9,15H,1H3,(H,23,25)(H,26,27). The van der Waals surface area contributed by atoms with E-state index in [2.05, 4.69) is 15.3 Å². The van der Waals surface area contributed by atoms with Crippen LogP contribution in [0, 0.1) is 11.6 Å². The molecule has 7 nitrogen and oxygen atoms in total. The van der Waals surface area contributed by atoms with Crippen LogP contribution in [0.5, 0.6) is 0 Å². The average Bonchev–Trinajstić information content (AvgIpc) is 3.04. The number of rotatable bonds is 5. The van der Waals surface area contributed by atoms with Crippen LogP contribution >= 0.6 is 0 Å². The number of amides is 1. The zero-order valence-corrected chi connectivity index (χ0v) is 14.1. The van der Waals surface area contributed by atoms with E-state index in [0.717, 1.165) is 18.2 Å². The molecule has 2 N–H and O–H groups in total. The molecule has 1 atom stereocenters. The molecule has 2 aromatic heterocycles. The second-order valence-corrected chi connectivity index (χ2v) is 5.69. The molecule has 0 spiro atoms. The Morgan fingerprint density at radius 2 is 1.96 bits per heavy atom. The second-order valence-electron chi connectivity index (χ2n) is 5.69. The quantitative estimate of drug-likeness (QED) is 0.716. The first-order valence-electron chi connectivity index (χ1n) is 7.80. The van der Waals surface area contributed by atoms with Gasteiger partial charge in [0.25, 0.3) is 5.91 Å². The highest BCUT2D eigenvalue weighted by atomic mass is 19.2. The van der Waals surface area contributed by atoms with Gasteiger partial charge >= 0.3 is 5.97 Å². The molecule has 0 aliphatic heterocycles. The van der Waals surface area contributed by atoms with Gasteiger partial charge in [0.05, 0.1) is 0 Å². The molecule has 0 bridgehead atoms. The zero-order chi connectivity index (χ0) is 19.6. The highest BCUT2D eigenvalue weighted by molar-refractivity contribution is 5.95. The lowest BCUT2D eigenvalue weighted by molar-refractivity contribution is -0.139. The third-order valence-corrected chi connectivity index (χ3v) is 3.80. The number of hydrogen-bond acceptors (Lipinski definition) is 4. The summed E-state index contributed by atoms with van der Waals surface area (Å²) >= 11 is 0. The van der Waals surface area contributed by atoms with E-state index in [4.69, 9.17) is 0 Å². The Kier molecular flexibility index (Phi) is 4.93. The summed E-state index contributed by atoms with van der Waals surface area (Å²) < 4.78 is 28.0. The van der Waals surface area contributed by atoms with Gasteiger partial charge in [0.2, 0.25) is 0 Å². The minimum Gasteiger partial charge on any atom is -0.479 e. The van der Waals surface area contributed by atoms with Crippen molar-refractivity contribution >= 4 is 11.9 Å². The van der Waals surface area contributed by atoms with Crippen LogP contribution in [0.2, 0.25) is 0 Å². The van der Waals surface area contributed by atoms with Crippen LogP contribution in [0.15, 0.2) is 48.8 Å². The van der Waals surface area contributed by atoms with Crippen LogP contribution in [0.1, 0.15) is 22.1 Å². The molecule has 0 fully saturated rings. The molecule has 3 rings (SSSR count). The van der Waals surface area contributed by atoms with Gasteiger partial charge in [-0.15, -0.1) is 0 Å². The van der Waals surface area contributed by atoms with E-state index in [-0.39, 0.29) is 11.3 Å². The lowest BCUT2D eigenvalue weighted by Gasteiger charge is -2.14. The summed E-state index contributed by atoms with van der Waals surface area (Å²) in [7, 11) is 1.66. The van der Waals surface area contributed by atoms with Crippen molar-refractivity contribution in [2.75, 3.05) is 0 Å². The molecule has 3 aromatic rings. The third-order valence-electron chi connectivity index (χ3n) is 3.80. The number of nitrogens with zero attached hydrogens (tertiary/aromatic N) is 3. The number of carboxylic acid groups (broad SMARTS) is 1. The number of benzene rings is 1. The van der Waals surface area contributed by atoms with Gasteiger partial charge in [0.15, 0.2) is 23.5 Å². The minimum absolute atomic E-state index is 0.0352. The normalized spacial score (nSPS) is 11.8. The van der Waals surface area contributed by atoms with Gasteiger partial charge in [-0.2, -0.15) is 0 Å². The van der Waals surface area contributed by atoms with Crippen molar-refractivity contribution in [3.8, 4) is 11.5 Å². The number of hydrogen-bond donors (Lipinski definition) is 2. The van der Waals surface area contributed by atoms with Crippen LogP contribution < -0.4 is 5.32 Å². The van der Waals surface area contributed by atoms with E-state index in [0.29, 0.717) is 11.5 Å². The van der Waals surface area contributed by atoms with Crippen LogP contribution in [-0.4, -0.2) is 31.5 Å². The number of nitrogens with one attached hydrogen (secondary N) is 1. The van der Waals surface area contributed by atoms with E-state index in [1.807, 2.05) is 0 Å². The number of halogens is 2. The summed E-state index contributed by atoms with van der Waals surface area (Å²) in [6.45, 7) is 0. The number of aliphatic carboxylic acids is 1. The summed E-state index contributed by atoms with van der Waals surface area (Å²) in [6, 6.07) is 6.27. The Labute approximate surface area is 152 Å². The fourth-order valence-corrected chi connectivity index (χ4v) is 2.49. The first-order valence-corrected chi connectivity index (χ1v) is 7.80. The molecule has 27 heavy (non-hydrogen) atoms. The Morgan fingerprint density at radius 1 is 1.19 bits per heavy atom. The van der Waals surface area contributed by atoms with Crippen molar-refractivity contribution in [2.24, 2.45) is 7.05 Å². The van der Waals surface area contributed by atoms with E-state index >= 15 is 0 Å². The molecule has 1 unspecified atom stereocenters. The minimum atomic E-state index is -1.56. The lowest BCUT2D eigenvalue weighted by Crippen LogP contribution is -2.34. The van der Waals surface area contributed by atoms with Gasteiger partial charge < -0.3 is 15.0 Å². The molecule has 138 valence electrons. The number of aromatic nitrogens is 3. The summed E-state index contributed by atoms with van der Waals surface area (Å²) in [4.78, 5) is 32.3. The maximum atomic E-state index is 13.4. The number of carboxylic acids is 1. The number of carbonyl (C=O) groups excluding carboxylic acids is 1. The lowest BCUT2D eigenvalue weighted by atomic mass is 10.1. The molecule has 1 aromatic carbocycles. The van der Waals surface area contributed by atoms with Gasteiger partial charge in [0, 0.05) is 19.4 Å². The number of pyridine rings is 1. The van der Waals surface area contributed by atoms with E-state index < -0.39 is 29.6 Å². The van der Waals surface area contributed by atoms with Crippen LogP contribution in [0.4, 0.5) is 8.78 Å². The van der Waals surface area contributed by atoms with Gasteiger partial charge in [0.1, 0.15) is 11.4 Å². The number of carbonyl (C=O) groups is 2. The molecule has 0 radical (unpaired) electrons. The second kappa shape index (κ2) is 7.32. The van der Waals surface area contributed by atoms with Gasteiger partial charge in [-0.1, -0.05) is 12.1 Å². The Balaban J connectivity index is 1.87. The molecule has 0 aliphatic rings. The van der Waals surface area contributed by atoms with Crippen LogP contribution in [0.25, 0.3) is 11.5 Å². The van der Waals surface area contributed by atoms with Crippen LogP contribution in [-0.2, 0) is 11.8 Å². The highest BCUT2D eigenvalue weighted by Crippen LogP contribution is 2.19. The Bertz CT molecular complexity index is 1010. The van der Waals surface area contributed by atoms with Crippen molar-refractivity contribution in [3.63, 3.8) is 0 Å². The molecule has 0 aliphatic carbocycles. The maximum absolute atomic E-state index is 13.4. The predicted octanol–water partition coefficient (Wildman–Crippen LogP) is 2.32. The SMILES string of the molecule is Cn1cc(C(=O)NC(C(=O)O)c2ccc(F)c(F)c2)nc1-c1ccccn1. The topological polar surface area (TPSA) is 97.1 Å². The summed E-state index contributed by atoms with van der Waals surface area (Å²) in [6.07, 6.45) is 3.00. The van der Waals surface area contributed by atoms with Gasteiger partial charge in [-0.05, 0) is 29.8 Å². The monoisotopic (exact) mass is 372 g/mol. The zero-order valence-electron chi connectivity index (χ0n) is 14.1. The van der Waals surface area contributed by atoms with Gasteiger partial charge in [-0.3, -0.25) is 9.78 Å². The molecule has 2 heterocycles. The van der Waals surface area contributed by atoms with Crippen molar-refractivity contribution in [3.05, 3.63) is 71.7 Å². The largest absolute Gasteiger partial charge is 0.479 e. The molecular weight excluding hydrogens is 358 g/mol. The van der Waals surface area contributed by atoms with E-state index in [9.17, 15) is 23.5 Å². The molecule has 1 amide bonds. The molecule has 0 saturated heterocycles. The molecule has 0 saturated carbocycles. The average molecular weight is 372 g/mol. The van der Waals surface area contributed by atoms with Crippen molar-refractivity contribution in [1.82, 2.24) is 19.9 Å². The van der Waals surface area contributed by atoms with Crippen molar-refractivity contribution < 1.29 is 23.5 Å². The first-order chi connectivity index (χ1) is 12.9. The smallest absolute Gasteiger partial charge is 0.330 e. The maximum Gasteiger partial charge on any atom is 0.330 e. The predicted molar refractivity (Wildman–Crippen MR) is 90.6 cm³/mol. The summed E-state index contributed by atoms with van der Waals surface area (Å²) in [5, 5.41) is 11.6. The van der Waals surface area contributed by atoms with Crippen LogP contribution in [0.3, 0.4) is 0 Å². The Morgan fingerprint density at radius 3 is 2.59 bits per heavy atom. The van der Waals surface area contributed by atoms with E-state index in [1.54, 1.807) is 36.0 Å². The first kappa shape index (κ1) is 18.2. The van der Waals surface area contributed by atoms with Gasteiger partial charge in [-0.25, -0.2) is 18.6 Å². The van der Waals surface area contributed by atoms with Crippen molar-refractivity contribution in [2.45, 2.75) is 6.04 Å². The number of aryl methyl sites for hydroxylation is 1. The van der Waals surface area contributed by atoms with E-state index in [1.165, 1.54) is 6.20 Å². The summed E-state index contributed by atoms with van der Waals surface area (Å²) in [5.74, 6) is -4.09. The Hall–Kier alpha value is -3.62. The molecule has 9 heteroatoms. The summed E-state index contributed by atoms with van der Waals surface area (Å²) in [5.41, 5.74) is 0.400.